The molecule has 0 aliphatic carbocycles. The Morgan fingerprint density at radius 1 is 1.44 bits per heavy atom. The normalized spacial score (nSPS) is 19.9. The molecule has 9 heavy (non-hydrogen) atoms. The van der Waals surface area contributed by atoms with E-state index in [2.05, 4.69) is 6.42 Å². The summed E-state index contributed by atoms with van der Waals surface area (Å²) >= 11 is 5.23. The van der Waals surface area contributed by atoms with Gasteiger partial charge >= 0.3 is 5.37 Å². The van der Waals surface area contributed by atoms with Crippen molar-refractivity contribution in [3.63, 3.8) is 0 Å². The SMILES string of the molecule is O=C(Cl)N1CC[CH]CC1. The van der Waals surface area contributed by atoms with Gasteiger partial charge < -0.3 is 4.90 Å². The molecule has 0 atom stereocenters. The molecule has 1 radical (unpaired) electrons. The molecular weight excluding hydrogens is 138 g/mol. The second kappa shape index (κ2) is 3.06. The largest absolute Gasteiger partial charge is 0.329 e. The molecule has 1 heterocycles. The van der Waals surface area contributed by atoms with Gasteiger partial charge in [-0.1, -0.05) is 0 Å². The summed E-state index contributed by atoms with van der Waals surface area (Å²) in [6.45, 7) is 1.59. The van der Waals surface area contributed by atoms with E-state index in [0.29, 0.717) is 0 Å². The van der Waals surface area contributed by atoms with Crippen LogP contribution in [0.2, 0.25) is 0 Å². The summed E-state index contributed by atoms with van der Waals surface area (Å²) < 4.78 is 0. The fourth-order valence-electron chi connectivity index (χ4n) is 0.926. The van der Waals surface area contributed by atoms with Crippen LogP contribution in [0.15, 0.2) is 0 Å². The minimum Gasteiger partial charge on any atom is -0.329 e. The van der Waals surface area contributed by atoms with E-state index in [1.807, 2.05) is 0 Å². The summed E-state index contributed by atoms with van der Waals surface area (Å²) in [4.78, 5) is 12.1. The predicted octanol–water partition coefficient (Wildman–Crippen LogP) is 1.65. The Kier molecular flexibility index (Phi) is 2.34. The molecule has 1 aliphatic rings. The molecule has 1 rings (SSSR count). The van der Waals surface area contributed by atoms with Crippen LogP contribution in [0.5, 0.6) is 0 Å². The maximum atomic E-state index is 10.5. The van der Waals surface area contributed by atoms with Crippen LogP contribution in [-0.4, -0.2) is 23.4 Å². The van der Waals surface area contributed by atoms with Gasteiger partial charge in [-0.2, -0.15) is 0 Å². The summed E-state index contributed by atoms with van der Waals surface area (Å²) in [6.07, 6.45) is 4.15. The zero-order valence-corrected chi connectivity index (χ0v) is 5.90. The van der Waals surface area contributed by atoms with Gasteiger partial charge in [-0.05, 0) is 30.9 Å². The van der Waals surface area contributed by atoms with E-state index in [4.69, 9.17) is 11.6 Å². The minimum atomic E-state index is -0.317. The van der Waals surface area contributed by atoms with E-state index in [0.717, 1.165) is 25.9 Å². The molecule has 2 nitrogen and oxygen atoms in total. The zero-order chi connectivity index (χ0) is 6.69. The number of halogens is 1. The first kappa shape index (κ1) is 6.87. The molecule has 1 saturated heterocycles. The van der Waals surface area contributed by atoms with Crippen LogP contribution < -0.4 is 0 Å². The third kappa shape index (κ3) is 1.86. The first-order chi connectivity index (χ1) is 4.30. The lowest BCUT2D eigenvalue weighted by atomic mass is 10.1. The molecule has 0 aromatic rings. The number of carbonyl (C=O) groups excluding carboxylic acids is 1. The highest BCUT2D eigenvalue weighted by Gasteiger charge is 2.12. The van der Waals surface area contributed by atoms with Crippen molar-refractivity contribution in [2.24, 2.45) is 0 Å². The van der Waals surface area contributed by atoms with Crippen LogP contribution in [-0.2, 0) is 0 Å². The average Bonchev–Trinajstić information content (AvgIpc) is 1.90. The Balaban J connectivity index is 2.31. The van der Waals surface area contributed by atoms with Crippen LogP contribution >= 0.6 is 11.6 Å². The Bertz CT molecular complexity index is 110. The van der Waals surface area contributed by atoms with Crippen molar-refractivity contribution in [2.75, 3.05) is 13.1 Å². The van der Waals surface area contributed by atoms with Gasteiger partial charge in [0.1, 0.15) is 0 Å². The van der Waals surface area contributed by atoms with Gasteiger partial charge in [0.15, 0.2) is 0 Å². The number of piperidine rings is 1. The van der Waals surface area contributed by atoms with Crippen molar-refractivity contribution in [2.45, 2.75) is 12.8 Å². The van der Waals surface area contributed by atoms with E-state index in [1.54, 1.807) is 4.90 Å². The topological polar surface area (TPSA) is 20.3 Å². The minimum absolute atomic E-state index is 0.317. The first-order valence-corrected chi connectivity index (χ1v) is 3.44. The third-order valence-corrected chi connectivity index (χ3v) is 1.69. The molecule has 1 aliphatic heterocycles. The van der Waals surface area contributed by atoms with Gasteiger partial charge in [0.05, 0.1) is 0 Å². The van der Waals surface area contributed by atoms with Gasteiger partial charge in [-0.15, -0.1) is 0 Å². The van der Waals surface area contributed by atoms with E-state index >= 15 is 0 Å². The lowest BCUT2D eigenvalue weighted by molar-refractivity contribution is 0.217. The van der Waals surface area contributed by atoms with E-state index in [-0.39, 0.29) is 5.37 Å². The van der Waals surface area contributed by atoms with Crippen LogP contribution in [0.1, 0.15) is 12.8 Å². The highest BCUT2D eigenvalue weighted by molar-refractivity contribution is 6.62. The molecule has 0 N–H and O–H groups in total. The Hall–Kier alpha value is -0.240. The summed E-state index contributed by atoms with van der Waals surface area (Å²) in [6, 6.07) is 0. The average molecular weight is 147 g/mol. The second-order valence-corrected chi connectivity index (χ2v) is 2.43. The van der Waals surface area contributed by atoms with Gasteiger partial charge in [-0.25, -0.2) is 0 Å². The Morgan fingerprint density at radius 3 is 2.33 bits per heavy atom. The summed E-state index contributed by atoms with van der Waals surface area (Å²) in [7, 11) is 0. The molecule has 0 spiro atoms. The highest BCUT2D eigenvalue weighted by atomic mass is 35.5. The molecular formula is C6H9ClNO. The third-order valence-electron chi connectivity index (χ3n) is 1.45. The molecule has 0 aromatic heterocycles. The van der Waals surface area contributed by atoms with Crippen LogP contribution in [0.3, 0.4) is 0 Å². The van der Waals surface area contributed by atoms with Crippen molar-refractivity contribution in [3.05, 3.63) is 6.42 Å². The van der Waals surface area contributed by atoms with Crippen LogP contribution in [0.4, 0.5) is 4.79 Å². The summed E-state index contributed by atoms with van der Waals surface area (Å²) in [5.74, 6) is 0. The van der Waals surface area contributed by atoms with E-state index < -0.39 is 0 Å². The lowest BCUT2D eigenvalue weighted by Gasteiger charge is -2.23. The molecule has 0 aromatic carbocycles. The highest BCUT2D eigenvalue weighted by Crippen LogP contribution is 2.09. The number of hydrogen-bond donors (Lipinski definition) is 0. The standard InChI is InChI=1S/C6H9ClNO/c7-6(9)8-4-2-1-3-5-8/h1H,2-5H2. The predicted molar refractivity (Wildman–Crippen MR) is 36.4 cm³/mol. The molecule has 3 heteroatoms. The zero-order valence-electron chi connectivity index (χ0n) is 5.14. The van der Waals surface area contributed by atoms with Crippen molar-refractivity contribution in [1.29, 1.82) is 0 Å². The smallest absolute Gasteiger partial charge is 0.316 e. The number of carbonyl (C=O) groups is 1. The van der Waals surface area contributed by atoms with Gasteiger partial charge in [0.25, 0.3) is 0 Å². The Labute approximate surface area is 59.8 Å². The maximum Gasteiger partial charge on any atom is 0.316 e. The summed E-state index contributed by atoms with van der Waals surface area (Å²) in [5, 5.41) is -0.317. The van der Waals surface area contributed by atoms with Crippen molar-refractivity contribution in [1.82, 2.24) is 4.90 Å². The van der Waals surface area contributed by atoms with Gasteiger partial charge in [-0.3, -0.25) is 4.79 Å². The maximum absolute atomic E-state index is 10.5. The molecule has 1 fully saturated rings. The van der Waals surface area contributed by atoms with Gasteiger partial charge in [0, 0.05) is 13.1 Å². The van der Waals surface area contributed by atoms with Crippen LogP contribution in [0.25, 0.3) is 0 Å². The van der Waals surface area contributed by atoms with Gasteiger partial charge in [0.2, 0.25) is 0 Å². The number of amides is 1. The molecule has 51 valence electrons. The van der Waals surface area contributed by atoms with Crippen molar-refractivity contribution in [3.8, 4) is 0 Å². The number of hydrogen-bond acceptors (Lipinski definition) is 1. The monoisotopic (exact) mass is 146 g/mol. The molecule has 1 amide bonds. The Morgan fingerprint density at radius 2 is 2.00 bits per heavy atom. The summed E-state index contributed by atoms with van der Waals surface area (Å²) in [5.41, 5.74) is 0. The fourth-order valence-corrected chi connectivity index (χ4v) is 1.10. The molecule has 0 unspecified atom stereocenters. The van der Waals surface area contributed by atoms with E-state index in [1.165, 1.54) is 0 Å². The fraction of sp³-hybridized carbons (Fsp3) is 0.667. The number of nitrogens with zero attached hydrogens (tertiary/aromatic N) is 1. The quantitative estimate of drug-likeness (QED) is 0.376. The number of rotatable bonds is 0. The lowest BCUT2D eigenvalue weighted by Crippen LogP contribution is -2.31. The van der Waals surface area contributed by atoms with Crippen molar-refractivity contribution < 1.29 is 4.79 Å². The van der Waals surface area contributed by atoms with Crippen LogP contribution in [0, 0.1) is 6.42 Å². The molecule has 0 bridgehead atoms. The molecule has 0 saturated carbocycles. The van der Waals surface area contributed by atoms with Crippen molar-refractivity contribution >= 4 is 17.0 Å². The second-order valence-electron chi connectivity index (χ2n) is 2.11. The van der Waals surface area contributed by atoms with E-state index in [9.17, 15) is 4.79 Å². The first-order valence-electron chi connectivity index (χ1n) is 3.07. The number of likely N-dealkylation sites (tertiary alicyclic amines) is 1.